The van der Waals surface area contributed by atoms with Gasteiger partial charge in [0.05, 0.1) is 5.69 Å². The molecule has 0 radical (unpaired) electrons. The molecule has 0 saturated carbocycles. The van der Waals surface area contributed by atoms with Crippen molar-refractivity contribution < 1.29 is 13.2 Å². The Morgan fingerprint density at radius 1 is 1.29 bits per heavy atom. The molecule has 5 heteroatoms. The van der Waals surface area contributed by atoms with Gasteiger partial charge in [-0.1, -0.05) is 27.2 Å². The second-order valence-electron chi connectivity index (χ2n) is 5.84. The number of hydrogen-bond donors (Lipinski definition) is 1. The minimum absolute atomic E-state index is 0.0363. The maximum atomic E-state index is 14.1. The number of rotatable bonds is 4. The summed E-state index contributed by atoms with van der Waals surface area (Å²) in [6.07, 6.45) is 1.79. The molecule has 1 aromatic rings. The molecule has 1 saturated heterocycles. The van der Waals surface area contributed by atoms with E-state index in [1.807, 2.05) is 11.8 Å². The highest BCUT2D eigenvalue weighted by Crippen LogP contribution is 2.29. The van der Waals surface area contributed by atoms with Crippen LogP contribution in [0.3, 0.4) is 0 Å². The third kappa shape index (κ3) is 3.34. The second kappa shape index (κ2) is 6.69. The summed E-state index contributed by atoms with van der Waals surface area (Å²) in [7, 11) is 0. The van der Waals surface area contributed by atoms with E-state index in [9.17, 15) is 13.2 Å². The molecule has 0 bridgehead atoms. The number of anilines is 1. The van der Waals surface area contributed by atoms with Gasteiger partial charge in [0.1, 0.15) is 5.82 Å². The fourth-order valence-electron chi connectivity index (χ4n) is 2.90. The first kappa shape index (κ1) is 16.1. The topological polar surface area (TPSA) is 15.3 Å². The highest BCUT2D eigenvalue weighted by molar-refractivity contribution is 5.50. The van der Waals surface area contributed by atoms with Crippen molar-refractivity contribution in [2.75, 3.05) is 18.0 Å². The molecule has 1 aromatic carbocycles. The number of hydrogen-bond acceptors (Lipinski definition) is 2. The standard InChI is InChI=1S/C16H23F3N2/c1-4-10(3)14-9-21(12(5-2)8-20-14)15-7-11(17)6-13(18)16(15)19/h6-7,10,12,14,20H,4-5,8-9H2,1-3H3. The van der Waals surface area contributed by atoms with Crippen molar-refractivity contribution in [2.24, 2.45) is 5.92 Å². The molecule has 1 fully saturated rings. The SMILES string of the molecule is CCC(C)C1CN(c2cc(F)cc(F)c2F)C(CC)CN1. The van der Waals surface area contributed by atoms with E-state index in [0.29, 0.717) is 25.1 Å². The van der Waals surface area contributed by atoms with Crippen LogP contribution in [0, 0.1) is 23.4 Å². The summed E-state index contributed by atoms with van der Waals surface area (Å²) < 4.78 is 41.0. The summed E-state index contributed by atoms with van der Waals surface area (Å²) in [6.45, 7) is 7.49. The Morgan fingerprint density at radius 2 is 2.00 bits per heavy atom. The van der Waals surface area contributed by atoms with Crippen LogP contribution in [0.15, 0.2) is 12.1 Å². The molecule has 1 heterocycles. The van der Waals surface area contributed by atoms with Crippen LogP contribution in [0.1, 0.15) is 33.6 Å². The summed E-state index contributed by atoms with van der Waals surface area (Å²) in [6, 6.07) is 1.93. The van der Waals surface area contributed by atoms with Crippen molar-refractivity contribution in [3.8, 4) is 0 Å². The lowest BCUT2D eigenvalue weighted by Gasteiger charge is -2.43. The van der Waals surface area contributed by atoms with Gasteiger partial charge in [-0.15, -0.1) is 0 Å². The molecule has 0 spiro atoms. The van der Waals surface area contributed by atoms with Crippen molar-refractivity contribution in [1.29, 1.82) is 0 Å². The van der Waals surface area contributed by atoms with Crippen molar-refractivity contribution >= 4 is 5.69 Å². The number of nitrogens with zero attached hydrogens (tertiary/aromatic N) is 1. The maximum absolute atomic E-state index is 14.1. The highest BCUT2D eigenvalue weighted by atomic mass is 19.2. The molecule has 0 amide bonds. The van der Waals surface area contributed by atoms with E-state index in [0.717, 1.165) is 18.9 Å². The number of halogens is 3. The first-order valence-electron chi connectivity index (χ1n) is 7.62. The van der Waals surface area contributed by atoms with E-state index in [-0.39, 0.29) is 17.8 Å². The van der Waals surface area contributed by atoms with Gasteiger partial charge in [0, 0.05) is 37.3 Å². The fraction of sp³-hybridized carbons (Fsp3) is 0.625. The fourth-order valence-corrected chi connectivity index (χ4v) is 2.90. The van der Waals surface area contributed by atoms with Gasteiger partial charge in [-0.05, 0) is 12.3 Å². The molecule has 21 heavy (non-hydrogen) atoms. The molecule has 1 aliphatic heterocycles. The molecule has 1 aliphatic rings. The van der Waals surface area contributed by atoms with Gasteiger partial charge in [-0.2, -0.15) is 0 Å². The van der Waals surface area contributed by atoms with Gasteiger partial charge in [0.2, 0.25) is 0 Å². The van der Waals surface area contributed by atoms with Crippen LogP contribution in [-0.4, -0.2) is 25.2 Å². The molecule has 3 unspecified atom stereocenters. The average Bonchev–Trinajstić information content (AvgIpc) is 2.49. The molecule has 2 rings (SSSR count). The van der Waals surface area contributed by atoms with Crippen LogP contribution >= 0.6 is 0 Å². The molecule has 1 N–H and O–H groups in total. The predicted molar refractivity (Wildman–Crippen MR) is 79.0 cm³/mol. The maximum Gasteiger partial charge on any atom is 0.182 e. The smallest absolute Gasteiger partial charge is 0.182 e. The van der Waals surface area contributed by atoms with Crippen molar-refractivity contribution in [2.45, 2.75) is 45.7 Å². The molecule has 118 valence electrons. The zero-order valence-corrected chi connectivity index (χ0v) is 12.8. The summed E-state index contributed by atoms with van der Waals surface area (Å²) in [5.74, 6) is -2.40. The van der Waals surface area contributed by atoms with Crippen molar-refractivity contribution in [3.63, 3.8) is 0 Å². The minimum atomic E-state index is -1.13. The Morgan fingerprint density at radius 3 is 2.62 bits per heavy atom. The number of benzene rings is 1. The Kier molecular flexibility index (Phi) is 5.14. The van der Waals surface area contributed by atoms with Gasteiger partial charge < -0.3 is 10.2 Å². The van der Waals surface area contributed by atoms with Crippen molar-refractivity contribution in [1.82, 2.24) is 5.32 Å². The zero-order chi connectivity index (χ0) is 15.6. The minimum Gasteiger partial charge on any atom is -0.363 e. The highest BCUT2D eigenvalue weighted by Gasteiger charge is 2.31. The molecule has 3 atom stereocenters. The lowest BCUT2D eigenvalue weighted by Crippen LogP contribution is -2.58. The summed E-state index contributed by atoms with van der Waals surface area (Å²) in [4.78, 5) is 1.81. The lowest BCUT2D eigenvalue weighted by molar-refractivity contribution is 0.303. The number of piperazine rings is 1. The van der Waals surface area contributed by atoms with Crippen LogP contribution < -0.4 is 10.2 Å². The van der Waals surface area contributed by atoms with Gasteiger partial charge in [-0.25, -0.2) is 13.2 Å². The van der Waals surface area contributed by atoms with Crippen LogP contribution in [0.5, 0.6) is 0 Å². The van der Waals surface area contributed by atoms with Gasteiger partial charge in [-0.3, -0.25) is 0 Å². The number of nitrogens with one attached hydrogen (secondary N) is 1. The first-order chi connectivity index (χ1) is 9.97. The lowest BCUT2D eigenvalue weighted by atomic mass is 9.94. The Bertz CT molecular complexity index is 493. The quantitative estimate of drug-likeness (QED) is 0.853. The summed E-state index contributed by atoms with van der Waals surface area (Å²) in [5.41, 5.74) is 0.0363. The second-order valence-corrected chi connectivity index (χ2v) is 5.84. The summed E-state index contributed by atoms with van der Waals surface area (Å²) in [5, 5.41) is 3.47. The van der Waals surface area contributed by atoms with Gasteiger partial charge in [0.15, 0.2) is 11.6 Å². The monoisotopic (exact) mass is 300 g/mol. The Balaban J connectivity index is 2.33. The van der Waals surface area contributed by atoms with E-state index >= 15 is 0 Å². The third-order valence-electron chi connectivity index (χ3n) is 4.54. The van der Waals surface area contributed by atoms with Crippen molar-refractivity contribution in [3.05, 3.63) is 29.6 Å². The average molecular weight is 300 g/mol. The van der Waals surface area contributed by atoms with E-state index in [4.69, 9.17) is 0 Å². The first-order valence-corrected chi connectivity index (χ1v) is 7.62. The normalized spacial score (nSPS) is 24.2. The van der Waals surface area contributed by atoms with E-state index in [2.05, 4.69) is 19.2 Å². The Labute approximate surface area is 124 Å². The predicted octanol–water partition coefficient (Wildman–Crippen LogP) is 3.71. The van der Waals surface area contributed by atoms with Crippen LogP contribution in [0.4, 0.5) is 18.9 Å². The van der Waals surface area contributed by atoms with E-state index in [1.165, 1.54) is 0 Å². The molecule has 0 aromatic heterocycles. The molecular formula is C16H23F3N2. The van der Waals surface area contributed by atoms with Crippen LogP contribution in [0.25, 0.3) is 0 Å². The molecule has 2 nitrogen and oxygen atoms in total. The van der Waals surface area contributed by atoms with Gasteiger partial charge in [0.25, 0.3) is 0 Å². The molecule has 0 aliphatic carbocycles. The van der Waals surface area contributed by atoms with E-state index < -0.39 is 17.5 Å². The summed E-state index contributed by atoms with van der Waals surface area (Å²) >= 11 is 0. The largest absolute Gasteiger partial charge is 0.363 e. The third-order valence-corrected chi connectivity index (χ3v) is 4.54. The Hall–Kier alpha value is -1.23. The van der Waals surface area contributed by atoms with Gasteiger partial charge >= 0.3 is 0 Å². The molecular weight excluding hydrogens is 277 g/mol. The van der Waals surface area contributed by atoms with E-state index in [1.54, 1.807) is 0 Å². The van der Waals surface area contributed by atoms with Crippen LogP contribution in [0.2, 0.25) is 0 Å². The van der Waals surface area contributed by atoms with Crippen LogP contribution in [-0.2, 0) is 0 Å². The zero-order valence-electron chi connectivity index (χ0n) is 12.8.